The Bertz CT molecular complexity index is 1430. The van der Waals surface area contributed by atoms with Crippen LogP contribution >= 0.6 is 0 Å². The Hall–Kier alpha value is -3.66. The molecule has 0 fully saturated rings. The molecule has 0 aliphatic carbocycles. The number of nitrogens with zero attached hydrogens (tertiary/aromatic N) is 5. The maximum absolute atomic E-state index is 12.8. The summed E-state index contributed by atoms with van der Waals surface area (Å²) in [4.78, 5) is 31.7. The van der Waals surface area contributed by atoms with E-state index >= 15 is 0 Å². The Labute approximate surface area is 197 Å². The maximum Gasteiger partial charge on any atom is 0.419 e. The Morgan fingerprint density at radius 1 is 1.26 bits per heavy atom. The van der Waals surface area contributed by atoms with Gasteiger partial charge in [0.2, 0.25) is 11.8 Å². The van der Waals surface area contributed by atoms with Gasteiger partial charge in [0, 0.05) is 37.9 Å². The van der Waals surface area contributed by atoms with E-state index in [-0.39, 0.29) is 12.3 Å². The molecule has 1 aromatic carbocycles. The predicted molar refractivity (Wildman–Crippen MR) is 131 cm³/mol. The van der Waals surface area contributed by atoms with Crippen molar-refractivity contribution in [1.82, 2.24) is 24.2 Å². The molecule has 0 spiro atoms. The van der Waals surface area contributed by atoms with Crippen LogP contribution in [0.5, 0.6) is 5.88 Å². The second-order valence-electron chi connectivity index (χ2n) is 8.69. The number of ether oxygens (including phenoxy) is 1. The number of fused-ring (bicyclic) bond motifs is 2. The van der Waals surface area contributed by atoms with Crippen LogP contribution < -0.4 is 15.8 Å². The quantitative estimate of drug-likeness (QED) is 0.425. The minimum atomic E-state index is -0.403. The highest BCUT2D eigenvalue weighted by molar-refractivity contribution is 5.93. The summed E-state index contributed by atoms with van der Waals surface area (Å²) in [6, 6.07) is 5.22. The van der Waals surface area contributed by atoms with Crippen LogP contribution in [0.4, 0.5) is 5.69 Å². The summed E-state index contributed by atoms with van der Waals surface area (Å²) in [5.41, 5.74) is 5.43. The number of likely N-dealkylation sites (N-methyl/N-ethyl adjacent to an activating group) is 1. The van der Waals surface area contributed by atoms with E-state index in [9.17, 15) is 9.59 Å². The molecule has 1 amide bonds. The second-order valence-corrected chi connectivity index (χ2v) is 8.69. The Kier molecular flexibility index (Phi) is 6.43. The smallest absolute Gasteiger partial charge is 0.419 e. The minimum absolute atomic E-state index is 0.123. The normalized spacial score (nSPS) is 11.6. The first-order chi connectivity index (χ1) is 16.2. The summed E-state index contributed by atoms with van der Waals surface area (Å²) in [5.74, 6) is 0.00371. The van der Waals surface area contributed by atoms with Gasteiger partial charge >= 0.3 is 5.76 Å². The van der Waals surface area contributed by atoms with Crippen LogP contribution in [0.3, 0.4) is 0 Å². The van der Waals surface area contributed by atoms with Gasteiger partial charge in [-0.2, -0.15) is 0 Å². The van der Waals surface area contributed by atoms with Crippen molar-refractivity contribution in [3.05, 3.63) is 45.6 Å². The highest BCUT2D eigenvalue weighted by Crippen LogP contribution is 2.30. The Morgan fingerprint density at radius 3 is 2.74 bits per heavy atom. The van der Waals surface area contributed by atoms with E-state index in [4.69, 9.17) is 9.15 Å². The summed E-state index contributed by atoms with van der Waals surface area (Å²) >= 11 is 0. The van der Waals surface area contributed by atoms with Gasteiger partial charge in [-0.05, 0) is 63.7 Å². The molecule has 180 valence electrons. The van der Waals surface area contributed by atoms with Crippen LogP contribution in [-0.4, -0.2) is 57.9 Å². The minimum Gasteiger partial charge on any atom is -0.479 e. The van der Waals surface area contributed by atoms with Crippen LogP contribution in [0.25, 0.3) is 22.1 Å². The summed E-state index contributed by atoms with van der Waals surface area (Å²) < 4.78 is 14.0. The lowest BCUT2D eigenvalue weighted by Crippen LogP contribution is -2.23. The zero-order chi connectivity index (χ0) is 24.6. The van der Waals surface area contributed by atoms with E-state index in [1.54, 1.807) is 34.6 Å². The fourth-order valence-electron chi connectivity index (χ4n) is 4.22. The summed E-state index contributed by atoms with van der Waals surface area (Å²) in [6.45, 7) is 5.15. The lowest BCUT2D eigenvalue weighted by molar-refractivity contribution is -0.116. The summed E-state index contributed by atoms with van der Waals surface area (Å²) in [5, 5.41) is 8.19. The van der Waals surface area contributed by atoms with Gasteiger partial charge < -0.3 is 19.4 Å². The number of carbonyl (C=O) groups excluding carboxylic acids is 1. The molecule has 0 saturated carbocycles. The number of anilines is 1. The van der Waals surface area contributed by atoms with Crippen LogP contribution in [0.15, 0.2) is 27.4 Å². The topological polar surface area (TPSA) is 107 Å². The molecular formula is C24H30N6O4. The third-order valence-electron chi connectivity index (χ3n) is 6.04. The fourth-order valence-corrected chi connectivity index (χ4v) is 4.22. The standard InChI is InChI=1S/C24H30N6O4/c1-14-17(15(2)25-22-21(14)23(33-6)27-29(22)5)8-10-20(31)26-16-7-9-19-18(13-16)30(24(32)34-19)12-11-28(3)4/h7,9,13H,8,10-12H2,1-6H3,(H,26,31). The van der Waals surface area contributed by atoms with Crippen molar-refractivity contribution in [1.29, 1.82) is 0 Å². The van der Waals surface area contributed by atoms with Crippen LogP contribution in [-0.2, 0) is 24.8 Å². The number of oxazole rings is 1. The largest absolute Gasteiger partial charge is 0.479 e. The SMILES string of the molecule is COc1nn(C)c2nc(C)c(CCC(=O)Nc3ccc4oc(=O)n(CCN(C)C)c4c3)c(C)c12. The van der Waals surface area contributed by atoms with Crippen LogP contribution in [0.1, 0.15) is 23.2 Å². The molecule has 4 aromatic rings. The highest BCUT2D eigenvalue weighted by Gasteiger charge is 2.19. The number of aryl methyl sites for hydroxylation is 3. The third-order valence-corrected chi connectivity index (χ3v) is 6.04. The molecule has 0 radical (unpaired) electrons. The first kappa shape index (κ1) is 23.5. The van der Waals surface area contributed by atoms with Crippen molar-refractivity contribution in [2.45, 2.75) is 33.2 Å². The summed E-state index contributed by atoms with van der Waals surface area (Å²) in [7, 11) is 7.31. The fraction of sp³-hybridized carbons (Fsp3) is 0.417. The van der Waals surface area contributed by atoms with Crippen LogP contribution in [0.2, 0.25) is 0 Å². The number of carbonyl (C=O) groups is 1. The van der Waals surface area contributed by atoms with Crippen molar-refractivity contribution in [2.24, 2.45) is 7.05 Å². The van der Waals surface area contributed by atoms with E-state index in [1.165, 1.54) is 0 Å². The highest BCUT2D eigenvalue weighted by atomic mass is 16.5. The Balaban J connectivity index is 1.52. The van der Waals surface area contributed by atoms with Gasteiger partial charge in [0.1, 0.15) is 0 Å². The first-order valence-electron chi connectivity index (χ1n) is 11.1. The van der Waals surface area contributed by atoms with Crippen molar-refractivity contribution >= 4 is 33.7 Å². The van der Waals surface area contributed by atoms with Gasteiger partial charge in [0.25, 0.3) is 0 Å². The van der Waals surface area contributed by atoms with E-state index < -0.39 is 5.76 Å². The second kappa shape index (κ2) is 9.30. The zero-order valence-electron chi connectivity index (χ0n) is 20.4. The zero-order valence-corrected chi connectivity index (χ0v) is 20.4. The van der Waals surface area contributed by atoms with Gasteiger partial charge in [-0.15, -0.1) is 5.10 Å². The number of hydrogen-bond acceptors (Lipinski definition) is 7. The molecular weight excluding hydrogens is 436 g/mol. The number of methoxy groups -OCH3 is 1. The molecule has 0 aliphatic rings. The Morgan fingerprint density at radius 2 is 2.03 bits per heavy atom. The van der Waals surface area contributed by atoms with E-state index in [2.05, 4.69) is 15.4 Å². The molecule has 0 aliphatic heterocycles. The monoisotopic (exact) mass is 466 g/mol. The third kappa shape index (κ3) is 4.41. The number of amides is 1. The van der Waals surface area contributed by atoms with E-state index in [0.717, 1.165) is 27.9 Å². The van der Waals surface area contributed by atoms with Crippen molar-refractivity contribution in [3.8, 4) is 5.88 Å². The average Bonchev–Trinajstić information content (AvgIpc) is 3.27. The number of aromatic nitrogens is 4. The maximum atomic E-state index is 12.8. The van der Waals surface area contributed by atoms with Gasteiger partial charge in [-0.25, -0.2) is 14.5 Å². The molecule has 3 heterocycles. The number of hydrogen-bond donors (Lipinski definition) is 1. The van der Waals surface area contributed by atoms with E-state index in [1.807, 2.05) is 39.9 Å². The van der Waals surface area contributed by atoms with Gasteiger partial charge in [0.15, 0.2) is 11.2 Å². The van der Waals surface area contributed by atoms with Crippen molar-refractivity contribution in [3.63, 3.8) is 0 Å². The van der Waals surface area contributed by atoms with Crippen molar-refractivity contribution in [2.75, 3.05) is 33.1 Å². The molecule has 3 aromatic heterocycles. The van der Waals surface area contributed by atoms with Gasteiger partial charge in [-0.1, -0.05) is 0 Å². The molecule has 1 N–H and O–H groups in total. The molecule has 0 saturated heterocycles. The molecule has 0 atom stereocenters. The van der Waals surface area contributed by atoms with Crippen LogP contribution in [0, 0.1) is 13.8 Å². The molecule has 10 heteroatoms. The molecule has 4 rings (SSSR count). The molecule has 0 bridgehead atoms. The number of pyridine rings is 1. The molecule has 0 unspecified atom stereocenters. The number of rotatable bonds is 8. The predicted octanol–water partition coefficient (Wildman–Crippen LogP) is 2.63. The summed E-state index contributed by atoms with van der Waals surface area (Å²) in [6.07, 6.45) is 0.820. The van der Waals surface area contributed by atoms with Gasteiger partial charge in [0.05, 0.1) is 18.0 Å². The number of nitrogens with one attached hydrogen (secondary N) is 1. The molecule has 34 heavy (non-hydrogen) atoms. The van der Waals surface area contributed by atoms with Gasteiger partial charge in [-0.3, -0.25) is 9.36 Å². The van der Waals surface area contributed by atoms with E-state index in [0.29, 0.717) is 42.2 Å². The number of benzene rings is 1. The van der Waals surface area contributed by atoms with Crippen molar-refractivity contribution < 1.29 is 13.9 Å². The molecule has 10 nitrogen and oxygen atoms in total. The average molecular weight is 467 g/mol. The lowest BCUT2D eigenvalue weighted by Gasteiger charge is -2.12. The first-order valence-corrected chi connectivity index (χ1v) is 11.1. The lowest BCUT2D eigenvalue weighted by atomic mass is 10.00.